The lowest BCUT2D eigenvalue weighted by molar-refractivity contribution is 0.619. The topological polar surface area (TPSA) is 43.1 Å². The molecule has 0 amide bonds. The van der Waals surface area contributed by atoms with Crippen molar-refractivity contribution in [3.8, 4) is 11.1 Å². The summed E-state index contributed by atoms with van der Waals surface area (Å²) in [6, 6.07) is 5.12. The van der Waals surface area contributed by atoms with Crippen LogP contribution in [0.1, 0.15) is 11.4 Å². The summed E-state index contributed by atoms with van der Waals surface area (Å²) in [6.45, 7) is 3.54. The molecular formula is C13H11FN4. The van der Waals surface area contributed by atoms with Crippen molar-refractivity contribution < 1.29 is 4.39 Å². The Bertz CT molecular complexity index is 733. The van der Waals surface area contributed by atoms with Gasteiger partial charge in [-0.15, -0.1) is 0 Å². The van der Waals surface area contributed by atoms with Crippen LogP contribution in [0, 0.1) is 19.7 Å². The van der Waals surface area contributed by atoms with E-state index in [0.29, 0.717) is 17.2 Å². The zero-order valence-electron chi connectivity index (χ0n) is 10.1. The molecule has 3 rings (SSSR count). The molecule has 0 fully saturated rings. The molecule has 0 bridgehead atoms. The first-order valence-corrected chi connectivity index (χ1v) is 5.59. The Morgan fingerprint density at radius 3 is 2.78 bits per heavy atom. The summed E-state index contributed by atoms with van der Waals surface area (Å²) in [7, 11) is 0. The number of hydrogen-bond donors (Lipinski definition) is 0. The van der Waals surface area contributed by atoms with Crippen LogP contribution in [0.15, 0.2) is 30.6 Å². The Kier molecular flexibility index (Phi) is 2.33. The monoisotopic (exact) mass is 242 g/mol. The number of hydrogen-bond acceptors (Lipinski definition) is 3. The lowest BCUT2D eigenvalue weighted by Crippen LogP contribution is -1.93. The Morgan fingerprint density at radius 1 is 1.17 bits per heavy atom. The number of aryl methyl sites for hydroxylation is 2. The van der Waals surface area contributed by atoms with Crippen LogP contribution >= 0.6 is 0 Å². The Morgan fingerprint density at radius 2 is 2.00 bits per heavy atom. The zero-order chi connectivity index (χ0) is 12.7. The van der Waals surface area contributed by atoms with E-state index in [1.165, 1.54) is 6.07 Å². The highest BCUT2D eigenvalue weighted by Gasteiger charge is 2.06. The van der Waals surface area contributed by atoms with E-state index in [4.69, 9.17) is 0 Å². The number of benzene rings is 1. The van der Waals surface area contributed by atoms with E-state index in [-0.39, 0.29) is 5.82 Å². The van der Waals surface area contributed by atoms with E-state index in [0.717, 1.165) is 11.1 Å². The fourth-order valence-electron chi connectivity index (χ4n) is 1.81. The standard InChI is InChI=1S/C13H11FN4/c1-8-3-4-10(5-12(8)14)11-6-15-13-16-9(2)17-18(13)7-11/h3-7H,1-2H3. The van der Waals surface area contributed by atoms with Crippen molar-refractivity contribution in [2.45, 2.75) is 13.8 Å². The Labute approximate surface area is 103 Å². The van der Waals surface area contributed by atoms with Crippen LogP contribution in [0.2, 0.25) is 0 Å². The van der Waals surface area contributed by atoms with Crippen LogP contribution in [0.25, 0.3) is 16.9 Å². The molecule has 3 aromatic rings. The van der Waals surface area contributed by atoms with Crippen molar-refractivity contribution in [2.24, 2.45) is 0 Å². The second-order valence-electron chi connectivity index (χ2n) is 4.21. The van der Waals surface area contributed by atoms with Crippen LogP contribution in [-0.4, -0.2) is 19.6 Å². The summed E-state index contributed by atoms with van der Waals surface area (Å²) >= 11 is 0. The van der Waals surface area contributed by atoms with Gasteiger partial charge >= 0.3 is 0 Å². The maximum absolute atomic E-state index is 13.5. The highest BCUT2D eigenvalue weighted by molar-refractivity contribution is 5.62. The minimum Gasteiger partial charge on any atom is -0.219 e. The quantitative estimate of drug-likeness (QED) is 0.658. The van der Waals surface area contributed by atoms with Gasteiger partial charge in [0.2, 0.25) is 0 Å². The van der Waals surface area contributed by atoms with Gasteiger partial charge in [0.15, 0.2) is 0 Å². The van der Waals surface area contributed by atoms with Gasteiger partial charge in [0, 0.05) is 18.0 Å². The Hall–Kier alpha value is -2.30. The summed E-state index contributed by atoms with van der Waals surface area (Å²) in [5.41, 5.74) is 2.22. The van der Waals surface area contributed by atoms with Gasteiger partial charge in [-0.1, -0.05) is 12.1 Å². The van der Waals surface area contributed by atoms with Crippen molar-refractivity contribution in [2.75, 3.05) is 0 Å². The first-order chi connectivity index (χ1) is 8.63. The first kappa shape index (κ1) is 10.8. The van der Waals surface area contributed by atoms with Crippen molar-refractivity contribution in [1.82, 2.24) is 19.6 Å². The van der Waals surface area contributed by atoms with Crippen molar-refractivity contribution in [3.05, 3.63) is 47.8 Å². The molecule has 2 aromatic heterocycles. The molecule has 1 aromatic carbocycles. The molecular weight excluding hydrogens is 231 g/mol. The summed E-state index contributed by atoms with van der Waals surface area (Å²) in [6.07, 6.45) is 3.47. The summed E-state index contributed by atoms with van der Waals surface area (Å²) in [5, 5.41) is 4.19. The third-order valence-corrected chi connectivity index (χ3v) is 2.80. The lowest BCUT2D eigenvalue weighted by Gasteiger charge is -2.03. The second-order valence-corrected chi connectivity index (χ2v) is 4.21. The average molecular weight is 242 g/mol. The number of fused-ring (bicyclic) bond motifs is 1. The summed E-state index contributed by atoms with van der Waals surface area (Å²) < 4.78 is 15.1. The normalized spacial score (nSPS) is 11.1. The maximum atomic E-state index is 13.5. The Balaban J connectivity index is 2.15. The molecule has 0 N–H and O–H groups in total. The summed E-state index contributed by atoms with van der Waals surface area (Å²) in [5.74, 6) is 0.987. The second kappa shape index (κ2) is 3.87. The van der Waals surface area contributed by atoms with E-state index in [1.807, 2.05) is 6.07 Å². The summed E-state index contributed by atoms with van der Waals surface area (Å²) in [4.78, 5) is 8.34. The van der Waals surface area contributed by atoms with Gasteiger partial charge in [0.25, 0.3) is 5.78 Å². The average Bonchev–Trinajstić information content (AvgIpc) is 2.71. The SMILES string of the molecule is Cc1nc2ncc(-c3ccc(C)c(F)c3)cn2n1. The van der Waals surface area contributed by atoms with Crippen LogP contribution in [0.3, 0.4) is 0 Å². The molecule has 2 heterocycles. The van der Waals surface area contributed by atoms with Crippen molar-refractivity contribution in [1.29, 1.82) is 0 Å². The van der Waals surface area contributed by atoms with Gasteiger partial charge in [-0.05, 0) is 31.0 Å². The molecule has 0 unspecified atom stereocenters. The number of nitrogens with zero attached hydrogens (tertiary/aromatic N) is 4. The van der Waals surface area contributed by atoms with Gasteiger partial charge in [-0.3, -0.25) is 0 Å². The van der Waals surface area contributed by atoms with Crippen molar-refractivity contribution in [3.63, 3.8) is 0 Å². The molecule has 0 atom stereocenters. The van der Waals surface area contributed by atoms with E-state index >= 15 is 0 Å². The minimum atomic E-state index is -0.220. The lowest BCUT2D eigenvalue weighted by atomic mass is 10.1. The third-order valence-electron chi connectivity index (χ3n) is 2.80. The van der Waals surface area contributed by atoms with Gasteiger partial charge < -0.3 is 0 Å². The highest BCUT2D eigenvalue weighted by Crippen LogP contribution is 2.20. The minimum absolute atomic E-state index is 0.220. The molecule has 0 spiro atoms. The number of halogens is 1. The molecule has 90 valence electrons. The van der Waals surface area contributed by atoms with Crippen LogP contribution in [-0.2, 0) is 0 Å². The van der Waals surface area contributed by atoms with E-state index in [1.54, 1.807) is 36.8 Å². The molecule has 18 heavy (non-hydrogen) atoms. The predicted molar refractivity (Wildman–Crippen MR) is 65.7 cm³/mol. The molecule has 0 radical (unpaired) electrons. The van der Waals surface area contributed by atoms with Crippen LogP contribution in [0.5, 0.6) is 0 Å². The highest BCUT2D eigenvalue weighted by atomic mass is 19.1. The van der Waals surface area contributed by atoms with Gasteiger partial charge in [-0.2, -0.15) is 10.1 Å². The largest absolute Gasteiger partial charge is 0.252 e. The maximum Gasteiger partial charge on any atom is 0.252 e. The molecule has 0 saturated heterocycles. The number of rotatable bonds is 1. The molecule has 0 saturated carbocycles. The van der Waals surface area contributed by atoms with Crippen LogP contribution < -0.4 is 0 Å². The van der Waals surface area contributed by atoms with Gasteiger partial charge in [-0.25, -0.2) is 13.9 Å². The van der Waals surface area contributed by atoms with E-state index < -0.39 is 0 Å². The molecule has 5 heteroatoms. The first-order valence-electron chi connectivity index (χ1n) is 5.59. The van der Waals surface area contributed by atoms with Gasteiger partial charge in [0.1, 0.15) is 11.6 Å². The molecule has 0 aliphatic rings. The fourth-order valence-corrected chi connectivity index (χ4v) is 1.81. The smallest absolute Gasteiger partial charge is 0.219 e. The third kappa shape index (κ3) is 1.73. The predicted octanol–water partition coefficient (Wildman–Crippen LogP) is 2.55. The fraction of sp³-hybridized carbons (Fsp3) is 0.154. The molecule has 0 aliphatic carbocycles. The van der Waals surface area contributed by atoms with E-state index in [2.05, 4.69) is 15.1 Å². The van der Waals surface area contributed by atoms with Gasteiger partial charge in [0.05, 0.1) is 0 Å². The van der Waals surface area contributed by atoms with E-state index in [9.17, 15) is 4.39 Å². The van der Waals surface area contributed by atoms with Crippen molar-refractivity contribution >= 4 is 5.78 Å². The number of aromatic nitrogens is 4. The zero-order valence-corrected chi connectivity index (χ0v) is 10.1. The molecule has 0 aliphatic heterocycles. The molecule has 4 nitrogen and oxygen atoms in total. The van der Waals surface area contributed by atoms with Crippen LogP contribution in [0.4, 0.5) is 4.39 Å².